The Morgan fingerprint density at radius 1 is 1.14 bits per heavy atom. The predicted octanol–water partition coefficient (Wildman–Crippen LogP) is 3.92. The number of likely N-dealkylation sites (N-methyl/N-ethyl adjacent to an activating group) is 1. The fourth-order valence-corrected chi connectivity index (χ4v) is 5.63. The number of hydrogen-bond donors (Lipinski definition) is 0. The van der Waals surface area contributed by atoms with Gasteiger partial charge in [0.15, 0.2) is 0 Å². The van der Waals surface area contributed by atoms with E-state index in [9.17, 15) is 0 Å². The van der Waals surface area contributed by atoms with Crippen molar-refractivity contribution in [3.8, 4) is 5.75 Å². The molecule has 0 N–H and O–H groups in total. The van der Waals surface area contributed by atoms with E-state index in [4.69, 9.17) is 4.74 Å². The van der Waals surface area contributed by atoms with E-state index < -0.39 is 0 Å². The van der Waals surface area contributed by atoms with Crippen LogP contribution in [0.4, 0.5) is 0 Å². The standard InChI is InChI=1S/C20H27NO/c1-21-11-10-20-9-3-2-4-17(20)19(21)12-14-5-6-16(13-18(14)20)22-15-7-8-15/h5-6,13,15,17,19H,2-4,7-12H2,1H3/t17-,19+,20+/m1/s1. The van der Waals surface area contributed by atoms with Gasteiger partial charge in [0.1, 0.15) is 5.75 Å². The lowest BCUT2D eigenvalue weighted by atomic mass is 9.52. The SMILES string of the molecule is CN1CC[C@@]23CCCC[C@@H]2[C@@H]1Cc1ccc(OC2CC2)cc13. The summed E-state index contributed by atoms with van der Waals surface area (Å²) in [6.45, 7) is 1.27. The van der Waals surface area contributed by atoms with Gasteiger partial charge in [-0.25, -0.2) is 0 Å². The van der Waals surface area contributed by atoms with E-state index in [0.717, 1.165) is 17.7 Å². The molecule has 118 valence electrons. The first kappa shape index (κ1) is 13.4. The quantitative estimate of drug-likeness (QED) is 0.820. The van der Waals surface area contributed by atoms with E-state index in [2.05, 4.69) is 30.1 Å². The van der Waals surface area contributed by atoms with E-state index in [-0.39, 0.29) is 0 Å². The number of piperidine rings is 1. The summed E-state index contributed by atoms with van der Waals surface area (Å²) in [6, 6.07) is 7.82. The molecule has 4 aliphatic rings. The fourth-order valence-electron chi connectivity index (χ4n) is 5.63. The van der Waals surface area contributed by atoms with Crippen LogP contribution < -0.4 is 4.74 Å². The molecule has 22 heavy (non-hydrogen) atoms. The van der Waals surface area contributed by atoms with Crippen LogP contribution in [0.1, 0.15) is 56.1 Å². The van der Waals surface area contributed by atoms with Crippen LogP contribution in [-0.4, -0.2) is 30.6 Å². The van der Waals surface area contributed by atoms with Crippen molar-refractivity contribution >= 4 is 0 Å². The highest BCUT2D eigenvalue weighted by Crippen LogP contribution is 2.56. The van der Waals surface area contributed by atoms with Gasteiger partial charge >= 0.3 is 0 Å². The van der Waals surface area contributed by atoms with Crippen LogP contribution >= 0.6 is 0 Å². The van der Waals surface area contributed by atoms with Gasteiger partial charge in [-0.2, -0.15) is 0 Å². The van der Waals surface area contributed by atoms with Crippen LogP contribution in [0, 0.1) is 5.92 Å². The summed E-state index contributed by atoms with van der Waals surface area (Å²) >= 11 is 0. The zero-order valence-corrected chi connectivity index (χ0v) is 13.7. The maximum atomic E-state index is 6.12. The molecule has 0 unspecified atom stereocenters. The monoisotopic (exact) mass is 297 g/mol. The molecule has 0 aromatic heterocycles. The second kappa shape index (κ2) is 4.74. The smallest absolute Gasteiger partial charge is 0.120 e. The highest BCUT2D eigenvalue weighted by Gasteiger charge is 2.53. The Hall–Kier alpha value is -1.02. The Bertz CT molecular complexity index is 593. The fraction of sp³-hybridized carbons (Fsp3) is 0.700. The first-order valence-corrected chi connectivity index (χ1v) is 9.27. The van der Waals surface area contributed by atoms with Crippen LogP contribution in [0.2, 0.25) is 0 Å². The van der Waals surface area contributed by atoms with Gasteiger partial charge in [0.2, 0.25) is 0 Å². The highest BCUT2D eigenvalue weighted by atomic mass is 16.5. The third-order valence-electron chi connectivity index (χ3n) is 6.91. The van der Waals surface area contributed by atoms with Crippen molar-refractivity contribution in [2.24, 2.45) is 5.92 Å². The Balaban J connectivity index is 1.60. The lowest BCUT2D eigenvalue weighted by Crippen LogP contribution is -2.59. The largest absolute Gasteiger partial charge is 0.490 e. The van der Waals surface area contributed by atoms with Crippen molar-refractivity contribution < 1.29 is 4.74 Å². The number of nitrogens with zero attached hydrogens (tertiary/aromatic N) is 1. The van der Waals surface area contributed by atoms with Gasteiger partial charge < -0.3 is 9.64 Å². The molecule has 2 bridgehead atoms. The molecule has 5 rings (SSSR count). The molecule has 3 atom stereocenters. The highest BCUT2D eigenvalue weighted by molar-refractivity contribution is 5.45. The lowest BCUT2D eigenvalue weighted by molar-refractivity contribution is 0.00269. The number of benzene rings is 1. The van der Waals surface area contributed by atoms with Crippen molar-refractivity contribution in [1.82, 2.24) is 4.90 Å². The van der Waals surface area contributed by atoms with E-state index >= 15 is 0 Å². The summed E-state index contributed by atoms with van der Waals surface area (Å²) in [5.41, 5.74) is 3.74. The average Bonchev–Trinajstić information content (AvgIpc) is 3.35. The van der Waals surface area contributed by atoms with E-state index in [0.29, 0.717) is 11.5 Å². The molecule has 2 nitrogen and oxygen atoms in total. The summed E-state index contributed by atoms with van der Waals surface area (Å²) in [7, 11) is 2.35. The number of fused-ring (bicyclic) bond motifs is 1. The Morgan fingerprint density at radius 3 is 2.91 bits per heavy atom. The Kier molecular flexibility index (Phi) is 2.89. The van der Waals surface area contributed by atoms with Gasteiger partial charge in [0, 0.05) is 11.5 Å². The Labute approximate surface area is 133 Å². The molecule has 1 aromatic rings. The third kappa shape index (κ3) is 1.89. The average molecular weight is 297 g/mol. The minimum Gasteiger partial charge on any atom is -0.490 e. The molecule has 1 aliphatic heterocycles. The first-order valence-electron chi connectivity index (χ1n) is 9.27. The molecule has 1 heterocycles. The topological polar surface area (TPSA) is 12.5 Å². The Morgan fingerprint density at radius 2 is 2.05 bits per heavy atom. The zero-order valence-electron chi connectivity index (χ0n) is 13.7. The molecule has 0 spiro atoms. The maximum absolute atomic E-state index is 6.12. The summed E-state index contributed by atoms with van der Waals surface area (Å²) in [5, 5.41) is 0. The van der Waals surface area contributed by atoms with Gasteiger partial charge in [0.25, 0.3) is 0 Å². The molecule has 1 saturated heterocycles. The van der Waals surface area contributed by atoms with Gasteiger partial charge in [-0.1, -0.05) is 18.9 Å². The lowest BCUT2D eigenvalue weighted by Gasteiger charge is -2.58. The van der Waals surface area contributed by atoms with Gasteiger partial charge in [0.05, 0.1) is 6.10 Å². The van der Waals surface area contributed by atoms with Crippen LogP contribution in [0.25, 0.3) is 0 Å². The molecule has 3 fully saturated rings. The molecular weight excluding hydrogens is 270 g/mol. The number of likely N-dealkylation sites (tertiary alicyclic amines) is 1. The van der Waals surface area contributed by atoms with Crippen LogP contribution in [0.15, 0.2) is 18.2 Å². The van der Waals surface area contributed by atoms with Gasteiger partial charge in [-0.15, -0.1) is 0 Å². The summed E-state index contributed by atoms with van der Waals surface area (Å²) in [5.74, 6) is 2.01. The maximum Gasteiger partial charge on any atom is 0.120 e. The van der Waals surface area contributed by atoms with Crippen LogP contribution in [-0.2, 0) is 11.8 Å². The summed E-state index contributed by atoms with van der Waals surface area (Å²) < 4.78 is 6.12. The molecular formula is C20H27NO. The van der Waals surface area contributed by atoms with Crippen LogP contribution in [0.5, 0.6) is 5.75 Å². The van der Waals surface area contributed by atoms with Crippen LogP contribution in [0.3, 0.4) is 0 Å². The summed E-state index contributed by atoms with van der Waals surface area (Å²) in [6.07, 6.45) is 11.3. The molecule has 2 saturated carbocycles. The first-order chi connectivity index (χ1) is 10.8. The van der Waals surface area contributed by atoms with Crippen molar-refractivity contribution in [2.75, 3.05) is 13.6 Å². The molecule has 2 heteroatoms. The minimum absolute atomic E-state index is 0.464. The van der Waals surface area contributed by atoms with Crippen molar-refractivity contribution in [3.05, 3.63) is 29.3 Å². The summed E-state index contributed by atoms with van der Waals surface area (Å²) in [4.78, 5) is 2.64. The van der Waals surface area contributed by atoms with E-state index in [1.807, 2.05) is 0 Å². The molecule has 3 aliphatic carbocycles. The number of hydrogen-bond acceptors (Lipinski definition) is 2. The number of ether oxygens (including phenoxy) is 1. The van der Waals surface area contributed by atoms with E-state index in [1.54, 1.807) is 11.1 Å². The zero-order chi connectivity index (χ0) is 14.7. The predicted molar refractivity (Wildman–Crippen MR) is 88.5 cm³/mol. The third-order valence-corrected chi connectivity index (χ3v) is 6.91. The van der Waals surface area contributed by atoms with Gasteiger partial charge in [-0.3, -0.25) is 0 Å². The normalized spacial score (nSPS) is 37.3. The molecule has 0 radical (unpaired) electrons. The van der Waals surface area contributed by atoms with Gasteiger partial charge in [-0.05, 0) is 81.3 Å². The minimum atomic E-state index is 0.464. The second-order valence-corrected chi connectivity index (χ2v) is 8.15. The molecule has 0 amide bonds. The van der Waals surface area contributed by atoms with E-state index in [1.165, 1.54) is 57.9 Å². The van der Waals surface area contributed by atoms with Crippen molar-refractivity contribution in [1.29, 1.82) is 0 Å². The molecule has 1 aromatic carbocycles. The van der Waals surface area contributed by atoms with Crippen molar-refractivity contribution in [2.45, 2.75) is 68.9 Å². The van der Waals surface area contributed by atoms with Crippen molar-refractivity contribution in [3.63, 3.8) is 0 Å². The second-order valence-electron chi connectivity index (χ2n) is 8.15. The number of rotatable bonds is 2.